The van der Waals surface area contributed by atoms with Crippen molar-refractivity contribution in [2.75, 3.05) is 0 Å². The third-order valence-corrected chi connectivity index (χ3v) is 16.1. The zero-order valence-corrected chi connectivity index (χ0v) is 32.6. The van der Waals surface area contributed by atoms with Crippen molar-refractivity contribution in [3.8, 4) is 11.1 Å². The molecule has 2 heteroatoms. The van der Waals surface area contributed by atoms with E-state index in [1.54, 1.807) is 0 Å². The molecule has 0 saturated heterocycles. The summed E-state index contributed by atoms with van der Waals surface area (Å²) in [7, 11) is -3.43. The fourth-order valence-electron chi connectivity index (χ4n) is 10.1. The molecule has 0 bridgehead atoms. The Morgan fingerprint density at radius 1 is 0.316 bits per heavy atom. The fourth-order valence-corrected chi connectivity index (χ4v) is 12.8. The van der Waals surface area contributed by atoms with Crippen LogP contribution in [0.3, 0.4) is 0 Å². The Balaban J connectivity index is 1.12. The molecule has 268 valence electrons. The molecule has 0 fully saturated rings. The van der Waals surface area contributed by atoms with E-state index in [1.807, 2.05) is 0 Å². The molecular weight excluding hydrogens is 708 g/mol. The van der Waals surface area contributed by atoms with Crippen LogP contribution in [-0.4, -0.2) is 0 Å². The van der Waals surface area contributed by atoms with Gasteiger partial charge in [0.25, 0.3) is 0 Å². The highest BCUT2D eigenvalue weighted by molar-refractivity contribution is 7.85. The van der Waals surface area contributed by atoms with Gasteiger partial charge >= 0.3 is 0 Å². The van der Waals surface area contributed by atoms with Crippen molar-refractivity contribution in [1.82, 2.24) is 0 Å². The number of hydrogen-bond donors (Lipinski definition) is 0. The first-order valence-corrected chi connectivity index (χ1v) is 21.6. The molecule has 12 rings (SSSR count). The average Bonchev–Trinajstić information content (AvgIpc) is 3.49. The highest BCUT2D eigenvalue weighted by Crippen LogP contribution is 2.53. The molecule has 1 nitrogen and oxygen atoms in total. The predicted molar refractivity (Wildman–Crippen MR) is 246 cm³/mol. The summed E-state index contributed by atoms with van der Waals surface area (Å²) in [6.45, 7) is 4.68. The average molecular weight is 745 g/mol. The van der Waals surface area contributed by atoms with Gasteiger partial charge in [0, 0.05) is 21.3 Å². The molecule has 0 N–H and O–H groups in total. The molecule has 0 atom stereocenters. The van der Waals surface area contributed by atoms with Gasteiger partial charge in [-0.25, -0.2) is 0 Å². The van der Waals surface area contributed by atoms with Crippen molar-refractivity contribution < 1.29 is 4.57 Å². The number of fused-ring (bicyclic) bond motifs is 15. The van der Waals surface area contributed by atoms with E-state index < -0.39 is 7.14 Å². The molecule has 0 radical (unpaired) electrons. The summed E-state index contributed by atoms with van der Waals surface area (Å²) in [6.07, 6.45) is 0. The van der Waals surface area contributed by atoms with Gasteiger partial charge in [-0.2, -0.15) is 0 Å². The first kappa shape index (κ1) is 32.7. The van der Waals surface area contributed by atoms with Crippen molar-refractivity contribution >= 4 is 98.5 Å². The lowest BCUT2D eigenvalue weighted by atomic mass is 9.81. The van der Waals surface area contributed by atoms with Crippen molar-refractivity contribution in [3.05, 3.63) is 199 Å². The fraction of sp³-hybridized carbons (Fsp3) is 0.0545. The molecule has 1 aliphatic carbocycles. The SMILES string of the molecule is CC1(C)c2cc(P(=O)(c3ccc4ccc5ccccc5c4c3)c3ccc4ccc5ccccc5c4c3)ccc2-c2cc3c4ccccc4c4ccccc4c3cc21. The summed E-state index contributed by atoms with van der Waals surface area (Å²) in [5.41, 5.74) is 4.70. The van der Waals surface area contributed by atoms with Gasteiger partial charge in [-0.3, -0.25) is 0 Å². The Bertz CT molecular complexity index is 3470. The monoisotopic (exact) mass is 744 g/mol. The summed E-state index contributed by atoms with van der Waals surface area (Å²) in [4.78, 5) is 0. The molecule has 0 spiro atoms. The Morgan fingerprint density at radius 2 is 0.684 bits per heavy atom. The standard InChI is InChI=1S/C55H37OP/c1-55(2)53-31-40(27-28-47(53)52-32-50-45-17-9-7-15-43(45)44-16-8-10-18-46(44)51(50)33-54(52)55)57(56,38-25-23-36-21-19-34-11-3-5-13-41(34)48(36)29-38)39-26-24-37-22-20-35-12-4-6-14-42(35)49(37)30-39/h3-33H,1-2H3. The van der Waals surface area contributed by atoms with Gasteiger partial charge in [0.15, 0.2) is 7.14 Å². The van der Waals surface area contributed by atoms with Crippen LogP contribution in [0.25, 0.3) is 86.5 Å². The Labute approximate surface area is 331 Å². The maximum Gasteiger partial charge on any atom is 0.171 e. The van der Waals surface area contributed by atoms with Crippen LogP contribution in [0, 0.1) is 0 Å². The van der Waals surface area contributed by atoms with Crippen molar-refractivity contribution in [2.24, 2.45) is 0 Å². The van der Waals surface area contributed by atoms with E-state index in [0.29, 0.717) is 0 Å². The smallest absolute Gasteiger partial charge is 0.171 e. The topological polar surface area (TPSA) is 17.1 Å². The van der Waals surface area contributed by atoms with Crippen molar-refractivity contribution in [1.29, 1.82) is 0 Å². The minimum atomic E-state index is -3.43. The lowest BCUT2D eigenvalue weighted by Gasteiger charge is -2.25. The van der Waals surface area contributed by atoms with Crippen molar-refractivity contribution in [3.63, 3.8) is 0 Å². The molecule has 0 heterocycles. The molecule has 0 aromatic heterocycles. The predicted octanol–water partition coefficient (Wildman–Crippen LogP) is 13.7. The molecule has 11 aromatic rings. The summed E-state index contributed by atoms with van der Waals surface area (Å²) >= 11 is 0. The maximum atomic E-state index is 16.7. The maximum absolute atomic E-state index is 16.7. The molecule has 0 saturated carbocycles. The molecule has 11 aromatic carbocycles. The second-order valence-electron chi connectivity index (χ2n) is 16.4. The van der Waals surface area contributed by atoms with Crippen LogP contribution in [0.2, 0.25) is 0 Å². The minimum Gasteiger partial charge on any atom is -0.309 e. The summed E-state index contributed by atoms with van der Waals surface area (Å²) in [5, 5.41) is 19.5. The van der Waals surface area contributed by atoms with Gasteiger partial charge in [0.05, 0.1) is 0 Å². The third-order valence-electron chi connectivity index (χ3n) is 13.1. The van der Waals surface area contributed by atoms with Crippen molar-refractivity contribution in [2.45, 2.75) is 19.3 Å². The summed E-state index contributed by atoms with van der Waals surface area (Å²) < 4.78 is 16.7. The molecule has 1 aliphatic rings. The van der Waals surface area contributed by atoms with Crippen LogP contribution in [0.5, 0.6) is 0 Å². The van der Waals surface area contributed by atoms with Crippen LogP contribution in [-0.2, 0) is 9.98 Å². The minimum absolute atomic E-state index is 0.314. The molecule has 0 unspecified atom stereocenters. The van der Waals surface area contributed by atoms with Crippen LogP contribution in [0.4, 0.5) is 0 Å². The van der Waals surface area contributed by atoms with E-state index >= 15 is 4.57 Å². The normalized spacial score (nSPS) is 13.6. The zero-order chi connectivity index (χ0) is 38.0. The van der Waals surface area contributed by atoms with E-state index in [9.17, 15) is 0 Å². The molecule has 0 aliphatic heterocycles. The summed E-state index contributed by atoms with van der Waals surface area (Å²) in [6, 6.07) is 67.9. The van der Waals surface area contributed by atoms with Gasteiger partial charge in [-0.05, 0) is 128 Å². The van der Waals surface area contributed by atoms with Gasteiger partial charge in [0.2, 0.25) is 0 Å². The third kappa shape index (κ3) is 4.55. The molecular formula is C55H37OP. The number of rotatable bonds is 3. The quantitative estimate of drug-likeness (QED) is 0.130. The number of hydrogen-bond acceptors (Lipinski definition) is 1. The van der Waals surface area contributed by atoms with Crippen LogP contribution in [0.1, 0.15) is 25.0 Å². The zero-order valence-electron chi connectivity index (χ0n) is 31.8. The molecule has 0 amide bonds. The van der Waals surface area contributed by atoms with Crippen LogP contribution < -0.4 is 15.9 Å². The highest BCUT2D eigenvalue weighted by atomic mass is 31.2. The molecule has 57 heavy (non-hydrogen) atoms. The Hall–Kier alpha value is -6.53. The first-order valence-electron chi connectivity index (χ1n) is 19.9. The first-order chi connectivity index (χ1) is 27.9. The summed E-state index contributed by atoms with van der Waals surface area (Å²) in [5.74, 6) is 0. The van der Waals surface area contributed by atoms with E-state index in [1.165, 1.54) is 76.1 Å². The van der Waals surface area contributed by atoms with Gasteiger partial charge in [-0.1, -0.05) is 172 Å². The van der Waals surface area contributed by atoms with Gasteiger partial charge < -0.3 is 4.57 Å². The van der Waals surface area contributed by atoms with E-state index in [2.05, 4.69) is 202 Å². The largest absolute Gasteiger partial charge is 0.309 e. The van der Waals surface area contributed by atoms with E-state index in [4.69, 9.17) is 0 Å². The van der Waals surface area contributed by atoms with Crippen LogP contribution >= 0.6 is 7.14 Å². The second kappa shape index (κ2) is 11.7. The highest BCUT2D eigenvalue weighted by Gasteiger charge is 2.39. The lowest BCUT2D eigenvalue weighted by molar-refractivity contribution is 0.592. The Kier molecular flexibility index (Phi) is 6.74. The van der Waals surface area contributed by atoms with Crippen LogP contribution in [0.15, 0.2) is 188 Å². The van der Waals surface area contributed by atoms with E-state index in [-0.39, 0.29) is 5.41 Å². The van der Waals surface area contributed by atoms with Gasteiger partial charge in [0.1, 0.15) is 0 Å². The van der Waals surface area contributed by atoms with Gasteiger partial charge in [-0.15, -0.1) is 0 Å². The second-order valence-corrected chi connectivity index (χ2v) is 19.2. The Morgan fingerprint density at radius 3 is 1.21 bits per heavy atom. The number of benzene rings is 11. The van der Waals surface area contributed by atoms with E-state index in [0.717, 1.165) is 37.5 Å². The lowest BCUT2D eigenvalue weighted by Crippen LogP contribution is -2.26.